The smallest absolute Gasteiger partial charge is 0.273 e. The Labute approximate surface area is 156 Å². The lowest BCUT2D eigenvalue weighted by molar-refractivity contribution is 0.0326. The molecular formula is C17H24N6O2S. The van der Waals surface area contributed by atoms with E-state index in [0.29, 0.717) is 12.2 Å². The van der Waals surface area contributed by atoms with Crippen LogP contribution in [0, 0.1) is 0 Å². The van der Waals surface area contributed by atoms with Crippen molar-refractivity contribution in [2.24, 2.45) is 7.05 Å². The summed E-state index contributed by atoms with van der Waals surface area (Å²) in [5.41, 5.74) is 2.25. The van der Waals surface area contributed by atoms with Gasteiger partial charge in [-0.15, -0.1) is 21.5 Å². The van der Waals surface area contributed by atoms with Gasteiger partial charge in [0.1, 0.15) is 17.3 Å². The maximum absolute atomic E-state index is 12.6. The van der Waals surface area contributed by atoms with Gasteiger partial charge in [-0.2, -0.15) is 0 Å². The van der Waals surface area contributed by atoms with E-state index < -0.39 is 0 Å². The molecule has 2 fully saturated rings. The molecule has 140 valence electrons. The number of morpholine rings is 1. The summed E-state index contributed by atoms with van der Waals surface area (Å²) in [6.07, 6.45) is 2.01. The Morgan fingerprint density at radius 2 is 2.15 bits per heavy atom. The molecule has 9 heteroatoms. The van der Waals surface area contributed by atoms with Crippen LogP contribution in [0.3, 0.4) is 0 Å². The van der Waals surface area contributed by atoms with Crippen LogP contribution in [-0.4, -0.2) is 74.8 Å². The molecule has 8 nitrogen and oxygen atoms in total. The number of hydrogen-bond acceptors (Lipinski definition) is 7. The summed E-state index contributed by atoms with van der Waals surface area (Å²) in [5, 5.41) is 10.7. The SMILES string of the molecule is Cn1c(CN2CCOCC2)nnc1[C@H]1CCCN(C(=O)c2cscn2)C1. The molecule has 0 aliphatic carbocycles. The van der Waals surface area contributed by atoms with Gasteiger partial charge in [0.15, 0.2) is 0 Å². The van der Waals surface area contributed by atoms with Crippen molar-refractivity contribution in [3.8, 4) is 0 Å². The number of carbonyl (C=O) groups is 1. The van der Waals surface area contributed by atoms with Crippen LogP contribution in [0.5, 0.6) is 0 Å². The molecule has 4 rings (SSSR count). The number of ether oxygens (including phenoxy) is 1. The molecule has 0 saturated carbocycles. The molecule has 0 aromatic carbocycles. The summed E-state index contributed by atoms with van der Waals surface area (Å²) in [5.74, 6) is 2.20. The van der Waals surface area contributed by atoms with Crippen molar-refractivity contribution in [3.63, 3.8) is 0 Å². The highest BCUT2D eigenvalue weighted by atomic mass is 32.1. The number of amides is 1. The van der Waals surface area contributed by atoms with E-state index in [0.717, 1.165) is 63.9 Å². The van der Waals surface area contributed by atoms with Crippen molar-refractivity contribution in [2.45, 2.75) is 25.3 Å². The normalized spacial score (nSPS) is 21.9. The Morgan fingerprint density at radius 1 is 1.31 bits per heavy atom. The van der Waals surface area contributed by atoms with Gasteiger partial charge < -0.3 is 14.2 Å². The number of piperidine rings is 1. The first-order chi connectivity index (χ1) is 12.7. The summed E-state index contributed by atoms with van der Waals surface area (Å²) in [6, 6.07) is 0. The average molecular weight is 376 g/mol. The van der Waals surface area contributed by atoms with Gasteiger partial charge in [0.2, 0.25) is 0 Å². The molecule has 0 unspecified atom stereocenters. The maximum atomic E-state index is 12.6. The summed E-state index contributed by atoms with van der Waals surface area (Å²) in [4.78, 5) is 21.0. The Hall–Kier alpha value is -1.84. The molecule has 2 aromatic heterocycles. The first kappa shape index (κ1) is 17.6. The number of thiazole rings is 1. The fourth-order valence-corrected chi connectivity index (χ4v) is 4.21. The van der Waals surface area contributed by atoms with Crippen LogP contribution >= 0.6 is 11.3 Å². The van der Waals surface area contributed by atoms with Crippen LogP contribution in [0.15, 0.2) is 10.9 Å². The largest absolute Gasteiger partial charge is 0.379 e. The number of rotatable bonds is 4. The third-order valence-electron chi connectivity index (χ3n) is 5.19. The van der Waals surface area contributed by atoms with Gasteiger partial charge in [0.05, 0.1) is 25.3 Å². The van der Waals surface area contributed by atoms with Crippen LogP contribution in [0.2, 0.25) is 0 Å². The Bertz CT molecular complexity index is 741. The number of nitrogens with zero attached hydrogens (tertiary/aromatic N) is 6. The predicted octanol–water partition coefficient (Wildman–Crippen LogP) is 1.12. The second kappa shape index (κ2) is 7.81. The third-order valence-corrected chi connectivity index (χ3v) is 5.78. The van der Waals surface area contributed by atoms with Gasteiger partial charge in [-0.25, -0.2) is 4.98 Å². The molecule has 0 radical (unpaired) electrons. The quantitative estimate of drug-likeness (QED) is 0.796. The van der Waals surface area contributed by atoms with Crippen molar-refractivity contribution in [2.75, 3.05) is 39.4 Å². The highest BCUT2D eigenvalue weighted by molar-refractivity contribution is 7.07. The van der Waals surface area contributed by atoms with Gasteiger partial charge in [-0.3, -0.25) is 9.69 Å². The lowest BCUT2D eigenvalue weighted by Crippen LogP contribution is -2.40. The van der Waals surface area contributed by atoms with Crippen molar-refractivity contribution in [3.05, 3.63) is 28.2 Å². The minimum absolute atomic E-state index is 0.0201. The molecule has 2 aliphatic heterocycles. The van der Waals surface area contributed by atoms with E-state index >= 15 is 0 Å². The second-order valence-corrected chi connectivity index (χ2v) is 7.60. The van der Waals surface area contributed by atoms with E-state index in [9.17, 15) is 4.79 Å². The van der Waals surface area contributed by atoms with Gasteiger partial charge in [-0.05, 0) is 12.8 Å². The molecule has 4 heterocycles. The van der Waals surface area contributed by atoms with E-state index in [1.165, 1.54) is 11.3 Å². The van der Waals surface area contributed by atoms with E-state index in [-0.39, 0.29) is 11.8 Å². The van der Waals surface area contributed by atoms with Crippen molar-refractivity contribution >= 4 is 17.2 Å². The average Bonchev–Trinajstić information content (AvgIpc) is 3.33. The highest BCUT2D eigenvalue weighted by Crippen LogP contribution is 2.27. The van der Waals surface area contributed by atoms with Crippen molar-refractivity contribution < 1.29 is 9.53 Å². The van der Waals surface area contributed by atoms with Crippen molar-refractivity contribution in [1.82, 2.24) is 29.5 Å². The van der Waals surface area contributed by atoms with Crippen molar-refractivity contribution in [1.29, 1.82) is 0 Å². The fraction of sp³-hybridized carbons (Fsp3) is 0.647. The molecule has 0 spiro atoms. The van der Waals surface area contributed by atoms with Gasteiger partial charge in [0, 0.05) is 44.5 Å². The maximum Gasteiger partial charge on any atom is 0.273 e. The monoisotopic (exact) mass is 376 g/mol. The second-order valence-electron chi connectivity index (χ2n) is 6.89. The van der Waals surface area contributed by atoms with Crippen LogP contribution in [0.25, 0.3) is 0 Å². The van der Waals surface area contributed by atoms with Crippen LogP contribution in [0.1, 0.15) is 40.9 Å². The molecule has 1 amide bonds. The number of aromatic nitrogens is 4. The lowest BCUT2D eigenvalue weighted by Gasteiger charge is -2.32. The van der Waals surface area contributed by atoms with Crippen LogP contribution in [0.4, 0.5) is 0 Å². The summed E-state index contributed by atoms with van der Waals surface area (Å²) in [6.45, 7) is 5.68. The summed E-state index contributed by atoms with van der Waals surface area (Å²) in [7, 11) is 2.03. The van der Waals surface area contributed by atoms with Crippen LogP contribution < -0.4 is 0 Å². The van der Waals surface area contributed by atoms with Gasteiger partial charge >= 0.3 is 0 Å². The molecule has 1 atom stereocenters. The summed E-state index contributed by atoms with van der Waals surface area (Å²) >= 11 is 1.45. The zero-order chi connectivity index (χ0) is 17.9. The van der Waals surface area contributed by atoms with Gasteiger partial charge in [0.25, 0.3) is 5.91 Å². The summed E-state index contributed by atoms with van der Waals surface area (Å²) < 4.78 is 7.51. The first-order valence-electron chi connectivity index (χ1n) is 9.08. The molecule has 26 heavy (non-hydrogen) atoms. The predicted molar refractivity (Wildman–Crippen MR) is 97.1 cm³/mol. The lowest BCUT2D eigenvalue weighted by atomic mass is 9.97. The van der Waals surface area contributed by atoms with E-state index in [1.54, 1.807) is 5.51 Å². The molecule has 2 saturated heterocycles. The molecular weight excluding hydrogens is 352 g/mol. The number of hydrogen-bond donors (Lipinski definition) is 0. The Kier molecular flexibility index (Phi) is 5.28. The topological polar surface area (TPSA) is 76.4 Å². The fourth-order valence-electron chi connectivity index (χ4n) is 3.68. The Morgan fingerprint density at radius 3 is 2.92 bits per heavy atom. The zero-order valence-electron chi connectivity index (χ0n) is 15.0. The highest BCUT2D eigenvalue weighted by Gasteiger charge is 2.29. The van der Waals surface area contributed by atoms with E-state index in [4.69, 9.17) is 4.74 Å². The minimum atomic E-state index is 0.0201. The zero-order valence-corrected chi connectivity index (χ0v) is 15.8. The molecule has 2 aromatic rings. The molecule has 2 aliphatic rings. The van der Waals surface area contributed by atoms with E-state index in [1.807, 2.05) is 17.3 Å². The third kappa shape index (κ3) is 3.65. The molecule has 0 bridgehead atoms. The van der Waals surface area contributed by atoms with Gasteiger partial charge in [-0.1, -0.05) is 0 Å². The first-order valence-corrected chi connectivity index (χ1v) is 10.0. The standard InChI is InChI=1S/C17H24N6O2S/c1-21-15(10-22-5-7-25-8-6-22)19-20-16(21)13-3-2-4-23(9-13)17(24)14-11-26-12-18-14/h11-13H,2-10H2,1H3/t13-/m0/s1. The van der Waals surface area contributed by atoms with Crippen LogP contribution in [-0.2, 0) is 18.3 Å². The van der Waals surface area contributed by atoms with E-state index in [2.05, 4.69) is 24.6 Å². The minimum Gasteiger partial charge on any atom is -0.379 e. The number of carbonyl (C=O) groups excluding carboxylic acids is 1. The molecule has 0 N–H and O–H groups in total. The Balaban J connectivity index is 1.44. The number of likely N-dealkylation sites (tertiary alicyclic amines) is 1.